The lowest BCUT2D eigenvalue weighted by atomic mass is 10.3. The second-order valence-corrected chi connectivity index (χ2v) is 4.73. The molecule has 1 aliphatic rings. The summed E-state index contributed by atoms with van der Waals surface area (Å²) in [7, 11) is -3.14. The molecule has 0 amide bonds. The molecule has 1 aliphatic heterocycles. The van der Waals surface area contributed by atoms with Gasteiger partial charge in [0, 0.05) is 19.1 Å². The molecule has 1 N–H and O–H groups in total. The molecule has 1 saturated heterocycles. The summed E-state index contributed by atoms with van der Waals surface area (Å²) in [5, 5.41) is 0. The van der Waals surface area contributed by atoms with Crippen molar-refractivity contribution in [3.8, 4) is 0 Å². The van der Waals surface area contributed by atoms with Crippen LogP contribution in [-0.2, 0) is 10.2 Å². The van der Waals surface area contributed by atoms with Crippen molar-refractivity contribution in [1.82, 2.24) is 9.03 Å². The van der Waals surface area contributed by atoms with Crippen LogP contribution >= 0.6 is 0 Å². The van der Waals surface area contributed by atoms with E-state index in [2.05, 4.69) is 4.72 Å². The van der Waals surface area contributed by atoms with Crippen molar-refractivity contribution >= 4 is 10.2 Å². The van der Waals surface area contributed by atoms with Crippen LogP contribution in [0.4, 0.5) is 0 Å². The van der Waals surface area contributed by atoms with Crippen LogP contribution in [0.2, 0.25) is 0 Å². The number of nitrogens with one attached hydrogen (secondary N) is 1. The van der Waals surface area contributed by atoms with Gasteiger partial charge < -0.3 is 0 Å². The number of hydrogen-bond donors (Lipinski definition) is 1. The Hall–Kier alpha value is -0.130. The molecule has 0 aliphatic carbocycles. The average Bonchev–Trinajstić information content (AvgIpc) is 1.50. The van der Waals surface area contributed by atoms with Crippen molar-refractivity contribution in [1.29, 1.82) is 0 Å². The average molecular weight is 178 g/mol. The van der Waals surface area contributed by atoms with Crippen LogP contribution in [0.25, 0.3) is 0 Å². The molecule has 0 saturated carbocycles. The molecule has 66 valence electrons. The standard InChI is InChI=1S/C6H14N2O2S/c1-6(2)7-11(9,10)8-4-3-5-8/h6-7H,3-5H2,1-2H3. The summed E-state index contributed by atoms with van der Waals surface area (Å²) in [6.45, 7) is 4.97. The van der Waals surface area contributed by atoms with E-state index in [1.807, 2.05) is 13.8 Å². The lowest BCUT2D eigenvalue weighted by molar-refractivity contribution is 0.303. The summed E-state index contributed by atoms with van der Waals surface area (Å²) in [6, 6.07) is -0.0133. The third-order valence-corrected chi connectivity index (χ3v) is 3.35. The Kier molecular flexibility index (Phi) is 2.51. The van der Waals surface area contributed by atoms with E-state index >= 15 is 0 Å². The molecule has 4 nitrogen and oxygen atoms in total. The predicted octanol–water partition coefficient (Wildman–Crippen LogP) is -0.0651. The van der Waals surface area contributed by atoms with Crippen LogP contribution in [0.15, 0.2) is 0 Å². The van der Waals surface area contributed by atoms with Crippen LogP contribution in [-0.4, -0.2) is 31.9 Å². The number of rotatable bonds is 3. The Balaban J connectivity index is 2.52. The smallest absolute Gasteiger partial charge is 0.200 e. The normalized spacial score (nSPS) is 20.3. The maximum atomic E-state index is 11.2. The summed E-state index contributed by atoms with van der Waals surface area (Å²) in [5.41, 5.74) is 0. The molecular formula is C6H14N2O2S. The van der Waals surface area contributed by atoms with Crippen molar-refractivity contribution in [2.45, 2.75) is 26.3 Å². The van der Waals surface area contributed by atoms with E-state index in [4.69, 9.17) is 0 Å². The molecule has 0 aromatic rings. The molecule has 0 atom stereocenters. The van der Waals surface area contributed by atoms with Gasteiger partial charge in [0.2, 0.25) is 0 Å². The molecule has 0 unspecified atom stereocenters. The van der Waals surface area contributed by atoms with Gasteiger partial charge in [0.1, 0.15) is 0 Å². The van der Waals surface area contributed by atoms with Gasteiger partial charge in [-0.2, -0.15) is 17.4 Å². The second kappa shape index (κ2) is 3.08. The molecule has 0 radical (unpaired) electrons. The minimum absolute atomic E-state index is 0.0133. The quantitative estimate of drug-likeness (QED) is 0.658. The summed E-state index contributed by atoms with van der Waals surface area (Å²) >= 11 is 0. The van der Waals surface area contributed by atoms with E-state index in [0.29, 0.717) is 13.1 Å². The molecule has 0 bridgehead atoms. The molecule has 0 spiro atoms. The fourth-order valence-corrected chi connectivity index (χ4v) is 2.38. The number of hydrogen-bond acceptors (Lipinski definition) is 2. The Morgan fingerprint density at radius 3 is 2.18 bits per heavy atom. The monoisotopic (exact) mass is 178 g/mol. The van der Waals surface area contributed by atoms with E-state index < -0.39 is 10.2 Å². The van der Waals surface area contributed by atoms with Crippen molar-refractivity contribution in [3.05, 3.63) is 0 Å². The van der Waals surface area contributed by atoms with Crippen molar-refractivity contribution in [2.24, 2.45) is 0 Å². The third-order valence-electron chi connectivity index (χ3n) is 1.54. The van der Waals surface area contributed by atoms with Crippen LogP contribution in [0, 0.1) is 0 Å². The van der Waals surface area contributed by atoms with Crippen LogP contribution in [0.5, 0.6) is 0 Å². The van der Waals surface area contributed by atoms with E-state index in [0.717, 1.165) is 6.42 Å². The SMILES string of the molecule is CC(C)NS(=O)(=O)N1CCC1. The first-order chi connectivity index (χ1) is 5.02. The van der Waals surface area contributed by atoms with Crippen LogP contribution < -0.4 is 4.72 Å². The fourth-order valence-electron chi connectivity index (χ4n) is 0.900. The summed E-state index contributed by atoms with van der Waals surface area (Å²) in [4.78, 5) is 0. The molecule has 5 heteroatoms. The van der Waals surface area contributed by atoms with Gasteiger partial charge in [0.05, 0.1) is 0 Å². The maximum absolute atomic E-state index is 11.2. The van der Waals surface area contributed by atoms with E-state index in [9.17, 15) is 8.42 Å². The van der Waals surface area contributed by atoms with Crippen LogP contribution in [0.1, 0.15) is 20.3 Å². The summed E-state index contributed by atoms with van der Waals surface area (Å²) in [5.74, 6) is 0. The zero-order chi connectivity index (χ0) is 8.48. The lowest BCUT2D eigenvalue weighted by Gasteiger charge is -2.30. The first-order valence-corrected chi connectivity index (χ1v) is 5.24. The topological polar surface area (TPSA) is 49.4 Å². The zero-order valence-corrected chi connectivity index (χ0v) is 7.69. The van der Waals surface area contributed by atoms with E-state index in [1.54, 1.807) is 0 Å². The first-order valence-electron chi connectivity index (χ1n) is 3.80. The van der Waals surface area contributed by atoms with Crippen molar-refractivity contribution in [3.63, 3.8) is 0 Å². The Morgan fingerprint density at radius 2 is 1.91 bits per heavy atom. The molecule has 1 heterocycles. The highest BCUT2D eigenvalue weighted by Crippen LogP contribution is 2.10. The lowest BCUT2D eigenvalue weighted by Crippen LogP contribution is -2.49. The van der Waals surface area contributed by atoms with Gasteiger partial charge in [-0.1, -0.05) is 0 Å². The Morgan fingerprint density at radius 1 is 1.36 bits per heavy atom. The van der Waals surface area contributed by atoms with E-state index in [1.165, 1.54) is 4.31 Å². The summed E-state index contributed by atoms with van der Waals surface area (Å²) in [6.07, 6.45) is 0.985. The van der Waals surface area contributed by atoms with Gasteiger partial charge in [-0.25, -0.2) is 0 Å². The van der Waals surface area contributed by atoms with Crippen molar-refractivity contribution in [2.75, 3.05) is 13.1 Å². The van der Waals surface area contributed by atoms with Gasteiger partial charge >= 0.3 is 0 Å². The molecule has 0 aromatic heterocycles. The van der Waals surface area contributed by atoms with Gasteiger partial charge in [-0.05, 0) is 20.3 Å². The molecule has 0 aromatic carbocycles. The molecule has 11 heavy (non-hydrogen) atoms. The highest BCUT2D eigenvalue weighted by atomic mass is 32.2. The zero-order valence-electron chi connectivity index (χ0n) is 6.87. The second-order valence-electron chi connectivity index (χ2n) is 3.03. The highest BCUT2D eigenvalue weighted by molar-refractivity contribution is 7.87. The summed E-state index contributed by atoms with van der Waals surface area (Å²) < 4.78 is 26.4. The third kappa shape index (κ3) is 2.15. The Labute approximate surface area is 67.8 Å². The molecule has 1 fully saturated rings. The van der Waals surface area contributed by atoms with E-state index in [-0.39, 0.29) is 6.04 Å². The van der Waals surface area contributed by atoms with Crippen LogP contribution in [0.3, 0.4) is 0 Å². The van der Waals surface area contributed by atoms with Gasteiger partial charge in [-0.3, -0.25) is 0 Å². The Bertz CT molecular complexity index is 219. The minimum Gasteiger partial charge on any atom is -0.200 e. The fraction of sp³-hybridized carbons (Fsp3) is 1.00. The molecular weight excluding hydrogens is 164 g/mol. The number of nitrogens with zero attached hydrogens (tertiary/aromatic N) is 1. The van der Waals surface area contributed by atoms with Crippen molar-refractivity contribution < 1.29 is 8.42 Å². The molecule has 1 rings (SSSR count). The maximum Gasteiger partial charge on any atom is 0.279 e. The van der Waals surface area contributed by atoms with Gasteiger partial charge in [-0.15, -0.1) is 0 Å². The largest absolute Gasteiger partial charge is 0.279 e. The predicted molar refractivity (Wildman–Crippen MR) is 43.4 cm³/mol. The highest BCUT2D eigenvalue weighted by Gasteiger charge is 2.27. The minimum atomic E-state index is -3.14. The van der Waals surface area contributed by atoms with Gasteiger partial charge in [0.15, 0.2) is 0 Å². The van der Waals surface area contributed by atoms with Gasteiger partial charge in [0.25, 0.3) is 10.2 Å². The first kappa shape index (κ1) is 8.96.